The molecule has 0 amide bonds. The SMILES string of the molecule is CCCCCCCCCCCCCCCCOc1c(F)c(F)c(-c2c3nc(c(-c4c(F)c(F)c(OCCCCCCCCCCCCCCCC)c(F)c4F)c4ccc([nH]4)c(-c4c(F)c(F)c(OCCCCCCCCCCCCCCCC)c(F)c4F)c4nc(c(-c5c(F)c(F)c(OCCCCCCCCCCCCCCCC)c(F)c5F)c5ccc2[nH]5)C=C4)C=C3)c(F)c1F. The summed E-state index contributed by atoms with van der Waals surface area (Å²) in [5, 5.41) is 0. The van der Waals surface area contributed by atoms with E-state index in [1.807, 2.05) is 0 Å². The van der Waals surface area contributed by atoms with Gasteiger partial charge in [-0.2, -0.15) is 35.1 Å². The second kappa shape index (κ2) is 58.8. The zero-order valence-electron chi connectivity index (χ0n) is 78.6. The number of halogens is 16. The van der Waals surface area contributed by atoms with Crippen LogP contribution in [0.4, 0.5) is 70.2 Å². The van der Waals surface area contributed by atoms with Crippen LogP contribution in [0.15, 0.2) is 24.3 Å². The number of hydrogen-bond acceptors (Lipinski definition) is 6. The van der Waals surface area contributed by atoms with E-state index < -0.39 is 232 Å². The Kier molecular flexibility index (Phi) is 47.7. The van der Waals surface area contributed by atoms with Crippen molar-refractivity contribution in [3.05, 3.63) is 140 Å². The quantitative estimate of drug-likeness (QED) is 0.0224. The van der Waals surface area contributed by atoms with E-state index in [4.69, 9.17) is 18.9 Å². The highest BCUT2D eigenvalue weighted by Gasteiger charge is 2.37. The lowest BCUT2D eigenvalue weighted by Crippen LogP contribution is -2.08. The van der Waals surface area contributed by atoms with Crippen molar-refractivity contribution in [2.45, 2.75) is 387 Å². The van der Waals surface area contributed by atoms with Gasteiger partial charge in [-0.1, -0.05) is 362 Å². The predicted octanol–water partition coefficient (Wildman–Crippen LogP) is 37.0. The van der Waals surface area contributed by atoms with Crippen molar-refractivity contribution in [3.8, 4) is 67.5 Å². The molecule has 0 saturated heterocycles. The van der Waals surface area contributed by atoms with Crippen molar-refractivity contribution >= 4 is 46.4 Å². The largest absolute Gasteiger partial charge is 0.487 e. The van der Waals surface area contributed by atoms with Gasteiger partial charge in [-0.05, 0) is 74.3 Å². The highest BCUT2D eigenvalue weighted by atomic mass is 19.2. The normalized spacial score (nSPS) is 12.0. The first-order valence-corrected chi connectivity index (χ1v) is 50.4. The Bertz CT molecular complexity index is 4250. The summed E-state index contributed by atoms with van der Waals surface area (Å²) in [6.45, 7) is 7.11. The van der Waals surface area contributed by atoms with Gasteiger partial charge in [-0.3, -0.25) is 0 Å². The molecule has 730 valence electrons. The molecule has 132 heavy (non-hydrogen) atoms. The van der Waals surface area contributed by atoms with Crippen LogP contribution in [0.3, 0.4) is 0 Å². The molecular weight excluding hydrogens is 1720 g/mol. The van der Waals surface area contributed by atoms with E-state index in [9.17, 15) is 0 Å². The first kappa shape index (κ1) is 107. The third-order valence-electron chi connectivity index (χ3n) is 25.6. The first-order valence-electron chi connectivity index (χ1n) is 50.4. The van der Waals surface area contributed by atoms with Crippen LogP contribution in [-0.2, 0) is 0 Å². The molecule has 0 spiro atoms. The van der Waals surface area contributed by atoms with Crippen LogP contribution in [0.1, 0.15) is 410 Å². The van der Waals surface area contributed by atoms with Crippen molar-refractivity contribution in [2.24, 2.45) is 0 Å². The summed E-state index contributed by atoms with van der Waals surface area (Å²) in [6, 6.07) is 3.69. The highest BCUT2D eigenvalue weighted by molar-refractivity contribution is 6.00. The number of H-pyrrole nitrogens is 2. The van der Waals surface area contributed by atoms with Crippen molar-refractivity contribution in [2.75, 3.05) is 26.4 Å². The topological polar surface area (TPSA) is 94.3 Å². The van der Waals surface area contributed by atoms with E-state index in [0.29, 0.717) is 25.7 Å². The minimum absolute atomic E-state index is 0.213. The van der Waals surface area contributed by atoms with Gasteiger partial charge >= 0.3 is 0 Å². The second-order valence-corrected chi connectivity index (χ2v) is 36.1. The molecule has 0 unspecified atom stereocenters. The molecule has 24 heteroatoms. The second-order valence-electron chi connectivity index (χ2n) is 36.1. The summed E-state index contributed by atoms with van der Waals surface area (Å²) in [4.78, 5) is 14.3. The third-order valence-corrected chi connectivity index (χ3v) is 25.6. The Labute approximate surface area is 772 Å². The molecule has 2 aliphatic heterocycles. The van der Waals surface area contributed by atoms with Crippen LogP contribution in [0.2, 0.25) is 0 Å². The molecule has 0 saturated carbocycles. The van der Waals surface area contributed by atoms with Crippen LogP contribution in [-0.4, -0.2) is 46.4 Å². The van der Waals surface area contributed by atoms with Crippen molar-refractivity contribution in [3.63, 3.8) is 0 Å². The van der Waals surface area contributed by atoms with E-state index in [1.54, 1.807) is 0 Å². The van der Waals surface area contributed by atoms with E-state index in [-0.39, 0.29) is 25.7 Å². The fourth-order valence-electron chi connectivity index (χ4n) is 18.0. The summed E-state index contributed by atoms with van der Waals surface area (Å²) in [7, 11) is 0. The van der Waals surface area contributed by atoms with E-state index >= 15 is 70.2 Å². The number of rotatable bonds is 68. The van der Waals surface area contributed by atoms with Gasteiger partial charge in [0.25, 0.3) is 0 Å². The third kappa shape index (κ3) is 30.8. The van der Waals surface area contributed by atoms with Crippen molar-refractivity contribution in [1.82, 2.24) is 19.9 Å². The van der Waals surface area contributed by atoms with Crippen LogP contribution in [0.5, 0.6) is 23.0 Å². The Balaban J connectivity index is 1.14. The minimum Gasteiger partial charge on any atom is -0.487 e. The lowest BCUT2D eigenvalue weighted by molar-refractivity contribution is 0.264. The molecule has 2 N–H and O–H groups in total. The van der Waals surface area contributed by atoms with Crippen LogP contribution >= 0.6 is 0 Å². The monoisotopic (exact) mass is 1860 g/mol. The summed E-state index contributed by atoms with van der Waals surface area (Å²) in [6.07, 6.45) is 58.7. The van der Waals surface area contributed by atoms with Gasteiger partial charge in [0.15, 0.2) is 69.5 Å². The molecule has 0 fully saturated rings. The molecule has 0 aliphatic carbocycles. The number of nitrogens with one attached hydrogen (secondary N) is 2. The molecule has 8 bridgehead atoms. The maximum Gasteiger partial charge on any atom is 0.204 e. The number of aromatic nitrogens is 4. The molecular formula is C108H142F16N4O4. The lowest BCUT2D eigenvalue weighted by Gasteiger charge is -2.15. The Morgan fingerprint density at radius 2 is 0.303 bits per heavy atom. The summed E-state index contributed by atoms with van der Waals surface area (Å²) >= 11 is 0. The number of unbranched alkanes of at least 4 members (excludes halogenated alkanes) is 52. The number of hydrogen-bond donors (Lipinski definition) is 2. The fourth-order valence-corrected chi connectivity index (χ4v) is 18.0. The summed E-state index contributed by atoms with van der Waals surface area (Å²) in [5.74, 6) is -39.4. The van der Waals surface area contributed by atoms with Gasteiger partial charge in [0.05, 0.1) is 71.5 Å². The smallest absolute Gasteiger partial charge is 0.204 e. The average Bonchev–Trinajstić information content (AvgIpc) is 1.55. The summed E-state index contributed by atoms with van der Waals surface area (Å²) in [5.41, 5.74) is -16.1. The van der Waals surface area contributed by atoms with E-state index in [1.165, 1.54) is 154 Å². The highest BCUT2D eigenvalue weighted by Crippen LogP contribution is 2.48. The van der Waals surface area contributed by atoms with Gasteiger partial charge < -0.3 is 28.9 Å². The maximum atomic E-state index is 17.6. The Morgan fingerprint density at radius 1 is 0.174 bits per heavy atom. The Morgan fingerprint density at radius 3 is 0.439 bits per heavy atom. The molecule has 0 radical (unpaired) electrons. The van der Waals surface area contributed by atoms with Crippen LogP contribution in [0.25, 0.3) is 90.9 Å². The predicted molar refractivity (Wildman–Crippen MR) is 503 cm³/mol. The molecule has 8 nitrogen and oxygen atoms in total. The zero-order valence-corrected chi connectivity index (χ0v) is 78.6. The molecule has 0 atom stereocenters. The molecule has 2 aliphatic rings. The fraction of sp³-hybridized carbons (Fsp3) is 0.593. The maximum absolute atomic E-state index is 17.6. The van der Waals surface area contributed by atoms with Crippen molar-refractivity contribution in [1.29, 1.82) is 0 Å². The van der Waals surface area contributed by atoms with Gasteiger partial charge in [0, 0.05) is 44.3 Å². The molecule has 9 rings (SSSR count). The number of benzene rings is 4. The Hall–Kier alpha value is -8.44. The van der Waals surface area contributed by atoms with Crippen molar-refractivity contribution < 1.29 is 89.2 Å². The number of fused-ring (bicyclic) bond motifs is 8. The molecule has 5 heterocycles. The molecule has 7 aromatic rings. The zero-order chi connectivity index (χ0) is 94.5. The standard InChI is InChI=1S/C108H142F16N4O4/c1-5-9-13-17-21-25-29-33-37-41-45-49-53-57-69-129-105-97(117)89(109)85(90(110)98(105)118)81-73-61-63-75(125-73)82(86-91(111)99(119)106(100(120)92(86)112)130-70-58-54-50-46-42-38-34-30-26-22-18-14-10-6-2)77-65-67-79(127-77)84(88-95(115)103(123)108(104(124)96(88)116)132-72-60-56-52-48-44-40-36-32-28-24-20-16-12-8-4)80-68-66-78(128-80)83(76-64-62-74(81)126-76)87-93(113)101(121)107(102(122)94(87)114)131-71-59-55-51-47-43-39-35-31-27-23-19-15-11-7-3/h61-68,125,128H,5-60,69-72H2,1-4H3. The van der Waals surface area contributed by atoms with Gasteiger partial charge in [-0.15, -0.1) is 0 Å². The number of nitrogens with zero attached hydrogens (tertiary/aromatic N) is 2. The summed E-state index contributed by atoms with van der Waals surface area (Å²) < 4.78 is 299. The van der Waals surface area contributed by atoms with Crippen LogP contribution < -0.4 is 18.9 Å². The molecule has 3 aromatic heterocycles. The van der Waals surface area contributed by atoms with E-state index in [0.717, 1.165) is 203 Å². The number of aromatic amines is 2. The van der Waals surface area contributed by atoms with E-state index in [2.05, 4.69) is 47.6 Å². The lowest BCUT2D eigenvalue weighted by atomic mass is 10.0. The average molecular weight is 1860 g/mol. The number of ether oxygens (including phenoxy) is 4. The molecule has 4 aromatic carbocycles. The first-order chi connectivity index (χ1) is 64.2. The van der Waals surface area contributed by atoms with Gasteiger partial charge in [-0.25, -0.2) is 45.1 Å². The van der Waals surface area contributed by atoms with Gasteiger partial charge in [0.1, 0.15) is 0 Å². The van der Waals surface area contributed by atoms with Gasteiger partial charge in [0.2, 0.25) is 46.5 Å². The van der Waals surface area contributed by atoms with Crippen LogP contribution in [0, 0.1) is 93.1 Å². The minimum atomic E-state index is -2.13.